The zero-order valence-corrected chi connectivity index (χ0v) is 11.2. The van der Waals surface area contributed by atoms with Crippen LogP contribution in [0.4, 0.5) is 0 Å². The van der Waals surface area contributed by atoms with E-state index in [4.69, 9.17) is 5.73 Å². The Morgan fingerprint density at radius 1 is 1.56 bits per heavy atom. The lowest BCUT2D eigenvalue weighted by atomic mass is 10.1. The number of rotatable bonds is 6. The van der Waals surface area contributed by atoms with E-state index in [0.29, 0.717) is 18.4 Å². The predicted molar refractivity (Wildman–Crippen MR) is 71.9 cm³/mol. The summed E-state index contributed by atoms with van der Waals surface area (Å²) < 4.78 is 1.91. The van der Waals surface area contributed by atoms with Crippen LogP contribution in [0.3, 0.4) is 0 Å². The fraction of sp³-hybridized carbons (Fsp3) is 0.643. The van der Waals surface area contributed by atoms with Crippen molar-refractivity contribution in [2.75, 3.05) is 6.54 Å². The van der Waals surface area contributed by atoms with Gasteiger partial charge in [-0.3, -0.25) is 4.79 Å². The van der Waals surface area contributed by atoms with Crippen LogP contribution >= 0.6 is 0 Å². The highest BCUT2D eigenvalue weighted by molar-refractivity contribution is 5.75. The maximum Gasteiger partial charge on any atom is 0.239 e. The maximum atomic E-state index is 11.7. The summed E-state index contributed by atoms with van der Waals surface area (Å²) in [6.45, 7) is 5.28. The molecular formula is C14H23N3O. The van der Waals surface area contributed by atoms with E-state index in [2.05, 4.69) is 19.2 Å². The summed E-state index contributed by atoms with van der Waals surface area (Å²) in [6.07, 6.45) is 6.41. The molecule has 1 heterocycles. The summed E-state index contributed by atoms with van der Waals surface area (Å²) in [5, 5.41) is 2.91. The highest BCUT2D eigenvalue weighted by Crippen LogP contribution is 2.39. The van der Waals surface area contributed by atoms with Crippen molar-refractivity contribution in [1.82, 2.24) is 9.88 Å². The highest BCUT2D eigenvalue weighted by Gasteiger charge is 2.29. The van der Waals surface area contributed by atoms with Crippen LogP contribution in [0.2, 0.25) is 0 Å². The number of hydrogen-bond donors (Lipinski definition) is 2. The Hall–Kier alpha value is -1.29. The molecule has 3 N–H and O–H groups in total. The van der Waals surface area contributed by atoms with Crippen molar-refractivity contribution >= 4 is 5.91 Å². The minimum atomic E-state index is 0.0610. The zero-order valence-electron chi connectivity index (χ0n) is 11.2. The largest absolute Gasteiger partial charge is 0.354 e. The lowest BCUT2D eigenvalue weighted by molar-refractivity contribution is -0.121. The number of hydrogen-bond acceptors (Lipinski definition) is 2. The van der Waals surface area contributed by atoms with Gasteiger partial charge in [-0.25, -0.2) is 0 Å². The number of nitrogens with one attached hydrogen (secondary N) is 1. The number of aromatic nitrogens is 1. The van der Waals surface area contributed by atoms with E-state index in [0.717, 1.165) is 12.1 Å². The van der Waals surface area contributed by atoms with Gasteiger partial charge in [0.25, 0.3) is 0 Å². The fourth-order valence-corrected chi connectivity index (χ4v) is 2.02. The van der Waals surface area contributed by atoms with Crippen molar-refractivity contribution in [3.05, 3.63) is 24.0 Å². The van der Waals surface area contributed by atoms with E-state index >= 15 is 0 Å². The van der Waals surface area contributed by atoms with E-state index < -0.39 is 0 Å². The first-order valence-electron chi connectivity index (χ1n) is 6.74. The molecule has 1 aromatic rings. The fourth-order valence-electron chi connectivity index (χ4n) is 2.02. The van der Waals surface area contributed by atoms with Crippen LogP contribution in [0.25, 0.3) is 0 Å². The Balaban J connectivity index is 1.84. The minimum Gasteiger partial charge on any atom is -0.354 e. The molecule has 0 aromatic carbocycles. The smallest absolute Gasteiger partial charge is 0.239 e. The van der Waals surface area contributed by atoms with Crippen LogP contribution in [-0.4, -0.2) is 17.0 Å². The normalized spacial score (nSPS) is 16.9. The Morgan fingerprint density at radius 2 is 2.28 bits per heavy atom. The maximum absolute atomic E-state index is 11.7. The van der Waals surface area contributed by atoms with Gasteiger partial charge in [-0.05, 0) is 36.3 Å². The standard InChI is InChI=1S/C14H23N3O/c1-10(2)7-16-13(18)9-17-6-5-12(8-17)14(15)11-3-4-11/h5-6,8,10-11,14H,3-4,7,9,15H2,1-2H3,(H,16,18). The summed E-state index contributed by atoms with van der Waals surface area (Å²) in [4.78, 5) is 11.7. The number of amides is 1. The van der Waals surface area contributed by atoms with Crippen LogP contribution in [0, 0.1) is 11.8 Å². The Labute approximate surface area is 109 Å². The third kappa shape index (κ3) is 3.60. The molecule has 0 saturated heterocycles. The number of nitrogens with two attached hydrogens (primary N) is 1. The molecule has 0 aliphatic heterocycles. The molecule has 18 heavy (non-hydrogen) atoms. The Bertz CT molecular complexity index is 407. The molecule has 0 spiro atoms. The van der Waals surface area contributed by atoms with E-state index in [1.165, 1.54) is 12.8 Å². The lowest BCUT2D eigenvalue weighted by Gasteiger charge is -2.09. The first-order chi connectivity index (χ1) is 8.56. The summed E-state index contributed by atoms with van der Waals surface area (Å²) in [5.74, 6) is 1.19. The molecule has 1 amide bonds. The van der Waals surface area contributed by atoms with Crippen LogP contribution in [0.15, 0.2) is 18.5 Å². The van der Waals surface area contributed by atoms with Gasteiger partial charge in [0.15, 0.2) is 0 Å². The zero-order chi connectivity index (χ0) is 13.1. The Kier molecular flexibility index (Phi) is 4.07. The molecule has 100 valence electrons. The summed E-state index contributed by atoms with van der Waals surface area (Å²) in [6, 6.07) is 2.17. The van der Waals surface area contributed by atoms with Gasteiger partial charge in [0.2, 0.25) is 5.91 Å². The summed E-state index contributed by atoms with van der Waals surface area (Å²) in [7, 11) is 0. The quantitative estimate of drug-likeness (QED) is 0.805. The number of nitrogens with zero attached hydrogens (tertiary/aromatic N) is 1. The number of carbonyl (C=O) groups excluding carboxylic acids is 1. The third-order valence-electron chi connectivity index (χ3n) is 3.32. The SMILES string of the molecule is CC(C)CNC(=O)Cn1ccc(C(N)C2CC2)c1. The molecule has 1 atom stereocenters. The topological polar surface area (TPSA) is 60.0 Å². The van der Waals surface area contributed by atoms with Crippen molar-refractivity contribution in [2.45, 2.75) is 39.3 Å². The Morgan fingerprint density at radius 3 is 2.89 bits per heavy atom. The molecule has 1 aliphatic rings. The van der Waals surface area contributed by atoms with E-state index in [-0.39, 0.29) is 11.9 Å². The molecule has 1 saturated carbocycles. The number of carbonyl (C=O) groups is 1. The van der Waals surface area contributed by atoms with E-state index in [9.17, 15) is 4.79 Å². The highest BCUT2D eigenvalue weighted by atomic mass is 16.1. The van der Waals surface area contributed by atoms with E-state index in [1.807, 2.05) is 23.0 Å². The van der Waals surface area contributed by atoms with Gasteiger partial charge in [0.05, 0.1) is 0 Å². The minimum absolute atomic E-state index is 0.0610. The van der Waals surface area contributed by atoms with Crippen LogP contribution in [-0.2, 0) is 11.3 Å². The monoisotopic (exact) mass is 249 g/mol. The third-order valence-corrected chi connectivity index (χ3v) is 3.32. The van der Waals surface area contributed by atoms with Crippen molar-refractivity contribution in [3.8, 4) is 0 Å². The van der Waals surface area contributed by atoms with Gasteiger partial charge in [0, 0.05) is 25.0 Å². The average molecular weight is 249 g/mol. The molecule has 1 aliphatic carbocycles. The molecule has 0 bridgehead atoms. The van der Waals surface area contributed by atoms with Gasteiger partial charge >= 0.3 is 0 Å². The van der Waals surface area contributed by atoms with Gasteiger partial charge in [-0.15, -0.1) is 0 Å². The lowest BCUT2D eigenvalue weighted by Crippen LogP contribution is -2.30. The van der Waals surface area contributed by atoms with Crippen molar-refractivity contribution in [3.63, 3.8) is 0 Å². The molecule has 1 aromatic heterocycles. The van der Waals surface area contributed by atoms with Crippen molar-refractivity contribution in [1.29, 1.82) is 0 Å². The second-order valence-corrected chi connectivity index (χ2v) is 5.68. The second kappa shape index (κ2) is 5.57. The van der Waals surface area contributed by atoms with Gasteiger partial charge in [0.1, 0.15) is 6.54 Å². The summed E-state index contributed by atoms with van der Waals surface area (Å²) >= 11 is 0. The van der Waals surface area contributed by atoms with Crippen LogP contribution < -0.4 is 11.1 Å². The molecule has 4 nitrogen and oxygen atoms in total. The first-order valence-corrected chi connectivity index (χ1v) is 6.74. The van der Waals surface area contributed by atoms with Crippen LogP contribution in [0.5, 0.6) is 0 Å². The van der Waals surface area contributed by atoms with Crippen molar-refractivity contribution < 1.29 is 4.79 Å². The van der Waals surface area contributed by atoms with Crippen LogP contribution in [0.1, 0.15) is 38.3 Å². The van der Waals surface area contributed by atoms with E-state index in [1.54, 1.807) is 0 Å². The molecule has 0 radical (unpaired) electrons. The van der Waals surface area contributed by atoms with Crippen molar-refractivity contribution in [2.24, 2.45) is 17.6 Å². The molecule has 1 unspecified atom stereocenters. The molecule has 4 heteroatoms. The molecule has 1 fully saturated rings. The molecule has 2 rings (SSSR count). The molecular weight excluding hydrogens is 226 g/mol. The van der Waals surface area contributed by atoms with Gasteiger partial charge < -0.3 is 15.6 Å². The first kappa shape index (κ1) is 13.1. The predicted octanol–water partition coefficient (Wildman–Crippen LogP) is 1.67. The average Bonchev–Trinajstić information content (AvgIpc) is 3.07. The van der Waals surface area contributed by atoms with Gasteiger partial charge in [-0.1, -0.05) is 13.8 Å². The second-order valence-electron chi connectivity index (χ2n) is 5.68. The van der Waals surface area contributed by atoms with Gasteiger partial charge in [-0.2, -0.15) is 0 Å². The summed E-state index contributed by atoms with van der Waals surface area (Å²) in [5.41, 5.74) is 7.28.